The Labute approximate surface area is 179 Å². The minimum Gasteiger partial charge on any atom is -0.323 e. The highest BCUT2D eigenvalue weighted by Gasteiger charge is 2.54. The van der Waals surface area contributed by atoms with Gasteiger partial charge >= 0.3 is 6.03 Å². The Hall–Kier alpha value is -2.37. The third-order valence-electron chi connectivity index (χ3n) is 7.81. The Morgan fingerprint density at radius 3 is 2.60 bits per heavy atom. The molecule has 1 saturated heterocycles. The van der Waals surface area contributed by atoms with Crippen LogP contribution in [0.5, 0.6) is 0 Å². The lowest BCUT2D eigenvalue weighted by atomic mass is 9.65. The van der Waals surface area contributed by atoms with E-state index in [-0.39, 0.29) is 23.8 Å². The number of anilines is 1. The number of fused-ring (bicyclic) bond motifs is 1. The molecule has 1 aromatic rings. The molecule has 1 aromatic carbocycles. The van der Waals surface area contributed by atoms with Crippen LogP contribution >= 0.6 is 0 Å². The highest BCUT2D eigenvalue weighted by Crippen LogP contribution is 2.45. The molecule has 0 radical (unpaired) electrons. The average molecular weight is 412 g/mol. The van der Waals surface area contributed by atoms with Crippen LogP contribution in [0.4, 0.5) is 10.5 Å². The second-order valence-corrected chi connectivity index (χ2v) is 9.80. The highest BCUT2D eigenvalue weighted by atomic mass is 16.2. The maximum atomic E-state index is 13.3. The molecule has 1 saturated carbocycles. The van der Waals surface area contributed by atoms with Crippen LogP contribution in [0, 0.1) is 11.3 Å². The molecule has 162 valence electrons. The van der Waals surface area contributed by atoms with E-state index in [2.05, 4.69) is 26.1 Å². The first-order valence-electron chi connectivity index (χ1n) is 11.3. The number of benzene rings is 1. The summed E-state index contributed by atoms with van der Waals surface area (Å²) in [7, 11) is 0. The summed E-state index contributed by atoms with van der Waals surface area (Å²) in [6, 6.07) is 7.45. The molecular formula is C24H33N3O3. The van der Waals surface area contributed by atoms with Gasteiger partial charge in [-0.3, -0.25) is 14.5 Å². The zero-order chi connectivity index (χ0) is 21.5. The first-order valence-corrected chi connectivity index (χ1v) is 11.3. The summed E-state index contributed by atoms with van der Waals surface area (Å²) in [6.07, 6.45) is 6.10. The van der Waals surface area contributed by atoms with E-state index in [4.69, 9.17) is 0 Å². The van der Waals surface area contributed by atoms with Crippen molar-refractivity contribution >= 4 is 23.5 Å². The summed E-state index contributed by atoms with van der Waals surface area (Å²) >= 11 is 0. The Bertz CT molecular complexity index is 855. The molecule has 1 spiro atoms. The molecule has 0 unspecified atom stereocenters. The Morgan fingerprint density at radius 1 is 1.20 bits per heavy atom. The maximum Gasteiger partial charge on any atom is 0.325 e. The number of urea groups is 1. The number of amides is 4. The summed E-state index contributed by atoms with van der Waals surface area (Å²) in [6.45, 7) is 7.21. The highest BCUT2D eigenvalue weighted by molar-refractivity contribution is 6.10. The second-order valence-electron chi connectivity index (χ2n) is 9.80. The van der Waals surface area contributed by atoms with Crippen molar-refractivity contribution in [2.75, 3.05) is 18.0 Å². The molecule has 2 fully saturated rings. The quantitative estimate of drug-likeness (QED) is 0.765. The first kappa shape index (κ1) is 20.9. The van der Waals surface area contributed by atoms with Crippen LogP contribution in [-0.2, 0) is 16.0 Å². The molecule has 1 aliphatic carbocycles. The SMILES string of the molecule is CCC(C)(C)C1CCC2(CC1)NC(=O)N(CC(=O)N1CCCc3ccccc31)C2=O. The molecular weight excluding hydrogens is 378 g/mol. The fourth-order valence-corrected chi connectivity index (χ4v) is 5.35. The average Bonchev–Trinajstić information content (AvgIpc) is 2.97. The van der Waals surface area contributed by atoms with Gasteiger partial charge < -0.3 is 10.2 Å². The van der Waals surface area contributed by atoms with Crippen LogP contribution in [0.2, 0.25) is 0 Å². The van der Waals surface area contributed by atoms with Crippen LogP contribution in [0.25, 0.3) is 0 Å². The maximum absolute atomic E-state index is 13.3. The molecule has 1 N–H and O–H groups in total. The molecule has 2 heterocycles. The topological polar surface area (TPSA) is 69.7 Å². The summed E-state index contributed by atoms with van der Waals surface area (Å²) in [4.78, 5) is 41.9. The van der Waals surface area contributed by atoms with Gasteiger partial charge in [0.1, 0.15) is 12.1 Å². The number of imide groups is 1. The molecule has 6 heteroatoms. The van der Waals surface area contributed by atoms with Crippen molar-refractivity contribution in [3.05, 3.63) is 29.8 Å². The largest absolute Gasteiger partial charge is 0.325 e. The van der Waals surface area contributed by atoms with Gasteiger partial charge in [0.15, 0.2) is 0 Å². The molecule has 0 atom stereocenters. The number of carbonyl (C=O) groups excluding carboxylic acids is 3. The molecule has 0 bridgehead atoms. The van der Waals surface area contributed by atoms with E-state index < -0.39 is 11.6 Å². The fraction of sp³-hybridized carbons (Fsp3) is 0.625. The van der Waals surface area contributed by atoms with E-state index in [0.717, 1.165) is 48.3 Å². The van der Waals surface area contributed by atoms with E-state index >= 15 is 0 Å². The van der Waals surface area contributed by atoms with Crippen molar-refractivity contribution in [2.24, 2.45) is 11.3 Å². The molecule has 2 aliphatic heterocycles. The standard InChI is InChI=1S/C24H33N3O3/c1-4-23(2,3)18-11-13-24(14-12-18)21(29)27(22(30)25-24)16-20(28)26-15-7-9-17-8-5-6-10-19(17)26/h5-6,8,10,18H,4,7,9,11-16H2,1-3H3,(H,25,30). The van der Waals surface area contributed by atoms with Crippen LogP contribution in [0.3, 0.4) is 0 Å². The van der Waals surface area contributed by atoms with E-state index in [1.165, 1.54) is 0 Å². The monoisotopic (exact) mass is 411 g/mol. The Balaban J connectivity index is 1.45. The second kappa shape index (κ2) is 7.71. The van der Waals surface area contributed by atoms with Gasteiger partial charge in [-0.15, -0.1) is 0 Å². The summed E-state index contributed by atoms with van der Waals surface area (Å²) in [5.74, 6) is 0.140. The van der Waals surface area contributed by atoms with Gasteiger partial charge in [-0.25, -0.2) is 4.79 Å². The van der Waals surface area contributed by atoms with Gasteiger partial charge in [0.05, 0.1) is 0 Å². The van der Waals surface area contributed by atoms with Gasteiger partial charge in [-0.1, -0.05) is 45.4 Å². The molecule has 6 nitrogen and oxygen atoms in total. The lowest BCUT2D eigenvalue weighted by Crippen LogP contribution is -2.51. The van der Waals surface area contributed by atoms with E-state index in [1.807, 2.05) is 24.3 Å². The van der Waals surface area contributed by atoms with Crippen molar-refractivity contribution in [1.29, 1.82) is 0 Å². The normalized spacial score (nSPS) is 26.7. The molecule has 3 aliphatic rings. The number of nitrogens with zero attached hydrogens (tertiary/aromatic N) is 2. The van der Waals surface area contributed by atoms with Crippen molar-refractivity contribution in [3.63, 3.8) is 0 Å². The molecule has 0 aromatic heterocycles. The lowest BCUT2D eigenvalue weighted by Gasteiger charge is -2.42. The number of aryl methyl sites for hydroxylation is 1. The van der Waals surface area contributed by atoms with E-state index in [1.54, 1.807) is 4.90 Å². The van der Waals surface area contributed by atoms with Gasteiger partial charge in [0.25, 0.3) is 5.91 Å². The molecule has 4 amide bonds. The van der Waals surface area contributed by atoms with Crippen LogP contribution in [0.1, 0.15) is 64.9 Å². The number of rotatable bonds is 4. The number of para-hydroxylation sites is 1. The minimum absolute atomic E-state index is 0.190. The van der Waals surface area contributed by atoms with Crippen molar-refractivity contribution in [3.8, 4) is 0 Å². The lowest BCUT2D eigenvalue weighted by molar-refractivity contribution is -0.135. The summed E-state index contributed by atoms with van der Waals surface area (Å²) in [5.41, 5.74) is 1.46. The van der Waals surface area contributed by atoms with Crippen molar-refractivity contribution in [2.45, 2.75) is 71.3 Å². The fourth-order valence-electron chi connectivity index (χ4n) is 5.35. The molecule has 4 rings (SSSR count). The van der Waals surface area contributed by atoms with Crippen LogP contribution in [-0.4, -0.2) is 41.4 Å². The van der Waals surface area contributed by atoms with E-state index in [0.29, 0.717) is 25.3 Å². The molecule has 30 heavy (non-hydrogen) atoms. The number of carbonyl (C=O) groups is 3. The zero-order valence-corrected chi connectivity index (χ0v) is 18.4. The third kappa shape index (κ3) is 3.50. The predicted molar refractivity (Wildman–Crippen MR) is 116 cm³/mol. The number of hydrogen-bond donors (Lipinski definition) is 1. The van der Waals surface area contributed by atoms with Crippen molar-refractivity contribution < 1.29 is 14.4 Å². The van der Waals surface area contributed by atoms with Gasteiger partial charge in [0, 0.05) is 12.2 Å². The zero-order valence-electron chi connectivity index (χ0n) is 18.4. The van der Waals surface area contributed by atoms with Crippen LogP contribution in [0.15, 0.2) is 24.3 Å². The first-order chi connectivity index (χ1) is 14.3. The van der Waals surface area contributed by atoms with Crippen LogP contribution < -0.4 is 10.2 Å². The van der Waals surface area contributed by atoms with E-state index in [9.17, 15) is 14.4 Å². The van der Waals surface area contributed by atoms with Crippen molar-refractivity contribution in [1.82, 2.24) is 10.2 Å². The summed E-state index contributed by atoms with van der Waals surface area (Å²) in [5, 5.41) is 2.95. The minimum atomic E-state index is -0.822. The predicted octanol–water partition coefficient (Wildman–Crippen LogP) is 3.88. The van der Waals surface area contributed by atoms with Gasteiger partial charge in [-0.05, 0) is 61.5 Å². The van der Waals surface area contributed by atoms with Gasteiger partial charge in [-0.2, -0.15) is 0 Å². The number of nitrogens with one attached hydrogen (secondary N) is 1. The Kier molecular flexibility index (Phi) is 5.37. The number of hydrogen-bond acceptors (Lipinski definition) is 3. The third-order valence-corrected chi connectivity index (χ3v) is 7.81. The Morgan fingerprint density at radius 2 is 1.90 bits per heavy atom. The summed E-state index contributed by atoms with van der Waals surface area (Å²) < 4.78 is 0. The van der Waals surface area contributed by atoms with Gasteiger partial charge in [0.2, 0.25) is 5.91 Å². The smallest absolute Gasteiger partial charge is 0.323 e.